The summed E-state index contributed by atoms with van der Waals surface area (Å²) in [5.41, 5.74) is 11.5. The van der Waals surface area contributed by atoms with Crippen molar-refractivity contribution in [2.24, 2.45) is 0 Å². The minimum absolute atomic E-state index is 0.00529. The maximum Gasteiger partial charge on any atom is 0.269 e. The highest BCUT2D eigenvalue weighted by molar-refractivity contribution is 5.96. The van der Waals surface area contributed by atoms with Crippen molar-refractivity contribution in [3.8, 4) is 22.3 Å². The molecule has 3 aromatic heterocycles. The number of aromatic amines is 2. The monoisotopic (exact) mass is 680 g/mol. The van der Waals surface area contributed by atoms with Gasteiger partial charge in [-0.05, 0) is 84.0 Å². The van der Waals surface area contributed by atoms with Crippen LogP contribution in [-0.4, -0.2) is 29.8 Å². The molecule has 0 saturated carbocycles. The van der Waals surface area contributed by atoms with E-state index in [-0.39, 0.29) is 23.2 Å². The zero-order valence-electron chi connectivity index (χ0n) is 27.4. The van der Waals surface area contributed by atoms with E-state index in [1.807, 2.05) is 72.9 Å². The molecule has 4 aliphatic rings. The van der Waals surface area contributed by atoms with E-state index in [2.05, 4.69) is 34.3 Å². The molecule has 10 nitrogen and oxygen atoms in total. The quantitative estimate of drug-likeness (QED) is 0.132. The summed E-state index contributed by atoms with van der Waals surface area (Å²) in [5.74, 6) is -0.103. The van der Waals surface area contributed by atoms with Crippen molar-refractivity contribution in [3.05, 3.63) is 176 Å². The van der Waals surface area contributed by atoms with E-state index in [1.165, 1.54) is 24.3 Å². The van der Waals surface area contributed by atoms with Crippen LogP contribution in [0.4, 0.5) is 11.4 Å². The van der Waals surface area contributed by atoms with E-state index >= 15 is 0 Å². The fraction of sp³-hybridized carbons (Fsp3) is 0.0476. The molecule has 0 atom stereocenters. The fourth-order valence-corrected chi connectivity index (χ4v) is 7.31. The lowest BCUT2D eigenvalue weighted by atomic mass is 9.99. The number of allylic oxidation sites excluding steroid dienone is 8. The van der Waals surface area contributed by atoms with Crippen molar-refractivity contribution in [2.75, 3.05) is 0 Å². The van der Waals surface area contributed by atoms with E-state index in [1.54, 1.807) is 24.3 Å². The Balaban J connectivity index is 1.42. The SMILES string of the molecule is O=[N+]([O-])c1ccc(-c2c3nc(c(C4C=CC=C4)c4ccc([nH]4)c(-c4ccc([N+](=O)[O-])cc4)c4ccc([nH]4)c(C4C=CC=C4)c4nc2C=C4)C=C3)cc1. The highest BCUT2D eigenvalue weighted by Gasteiger charge is 2.23. The Morgan fingerprint density at radius 3 is 1.23 bits per heavy atom. The van der Waals surface area contributed by atoms with Crippen LogP contribution in [0.2, 0.25) is 0 Å². The molecule has 8 bridgehead atoms. The Labute approximate surface area is 296 Å². The molecule has 0 radical (unpaired) electrons. The number of H-pyrrole nitrogens is 2. The lowest BCUT2D eigenvalue weighted by molar-refractivity contribution is -0.385. The van der Waals surface area contributed by atoms with Gasteiger partial charge in [0.15, 0.2) is 0 Å². The van der Waals surface area contributed by atoms with Gasteiger partial charge < -0.3 is 9.97 Å². The van der Waals surface area contributed by atoms with E-state index in [0.29, 0.717) is 11.4 Å². The highest BCUT2D eigenvalue weighted by Crippen LogP contribution is 2.39. The molecule has 0 saturated heterocycles. The molecule has 5 aromatic rings. The van der Waals surface area contributed by atoms with Crippen LogP contribution in [0.5, 0.6) is 0 Å². The molecule has 2 N–H and O–H groups in total. The first-order valence-corrected chi connectivity index (χ1v) is 16.8. The molecule has 2 aromatic carbocycles. The second kappa shape index (κ2) is 12.3. The van der Waals surface area contributed by atoms with Gasteiger partial charge in [-0.15, -0.1) is 0 Å². The molecule has 2 aliphatic carbocycles. The van der Waals surface area contributed by atoms with Crippen molar-refractivity contribution >= 4 is 57.7 Å². The summed E-state index contributed by atoms with van der Waals surface area (Å²) in [6.07, 6.45) is 24.5. The average Bonchev–Trinajstić information content (AvgIpc) is 4.00. The lowest BCUT2D eigenvalue weighted by Crippen LogP contribution is -1.96. The fourth-order valence-electron chi connectivity index (χ4n) is 7.31. The van der Waals surface area contributed by atoms with Gasteiger partial charge in [0, 0.05) is 80.4 Å². The minimum atomic E-state index is -0.404. The first-order valence-electron chi connectivity index (χ1n) is 16.8. The molecule has 0 amide bonds. The smallest absolute Gasteiger partial charge is 0.269 e. The Morgan fingerprint density at radius 1 is 0.462 bits per heavy atom. The van der Waals surface area contributed by atoms with E-state index < -0.39 is 9.85 Å². The Hall–Kier alpha value is -7.20. The van der Waals surface area contributed by atoms with Gasteiger partial charge in [0.1, 0.15) is 0 Å². The second-order valence-corrected chi connectivity index (χ2v) is 12.8. The average molecular weight is 681 g/mol. The van der Waals surface area contributed by atoms with Gasteiger partial charge in [-0.3, -0.25) is 20.2 Å². The van der Waals surface area contributed by atoms with Gasteiger partial charge in [-0.25, -0.2) is 9.97 Å². The second-order valence-electron chi connectivity index (χ2n) is 12.8. The number of rotatable bonds is 6. The molecule has 9 rings (SSSR count). The summed E-state index contributed by atoms with van der Waals surface area (Å²) in [6.45, 7) is 0. The van der Waals surface area contributed by atoms with Crippen LogP contribution in [0.15, 0.2) is 121 Å². The lowest BCUT2D eigenvalue weighted by Gasteiger charge is -2.09. The number of hydrogen-bond acceptors (Lipinski definition) is 6. The Bertz CT molecular complexity index is 2540. The van der Waals surface area contributed by atoms with Crippen molar-refractivity contribution in [1.29, 1.82) is 0 Å². The zero-order valence-corrected chi connectivity index (χ0v) is 27.4. The van der Waals surface area contributed by atoms with Crippen molar-refractivity contribution in [3.63, 3.8) is 0 Å². The van der Waals surface area contributed by atoms with Crippen LogP contribution < -0.4 is 0 Å². The number of nitro benzene ring substituents is 2. The largest absolute Gasteiger partial charge is 0.355 e. The third-order valence-electron chi connectivity index (χ3n) is 9.73. The molecule has 52 heavy (non-hydrogen) atoms. The molecule has 250 valence electrons. The van der Waals surface area contributed by atoms with Gasteiger partial charge in [-0.1, -0.05) is 48.6 Å². The van der Waals surface area contributed by atoms with Gasteiger partial charge >= 0.3 is 0 Å². The van der Waals surface area contributed by atoms with Gasteiger partial charge in [0.25, 0.3) is 11.4 Å². The summed E-state index contributed by atoms with van der Waals surface area (Å²) in [4.78, 5) is 40.1. The van der Waals surface area contributed by atoms with Gasteiger partial charge in [0.2, 0.25) is 0 Å². The minimum Gasteiger partial charge on any atom is -0.355 e. The maximum absolute atomic E-state index is 11.5. The van der Waals surface area contributed by atoms with Crippen LogP contribution >= 0.6 is 0 Å². The van der Waals surface area contributed by atoms with Crippen LogP contribution in [0.3, 0.4) is 0 Å². The van der Waals surface area contributed by atoms with Crippen LogP contribution in [-0.2, 0) is 0 Å². The Kier molecular flexibility index (Phi) is 7.29. The third-order valence-corrected chi connectivity index (χ3v) is 9.73. The number of hydrogen-bond donors (Lipinski definition) is 2. The predicted molar refractivity (Wildman–Crippen MR) is 205 cm³/mol. The van der Waals surface area contributed by atoms with E-state index in [4.69, 9.17) is 9.97 Å². The summed E-state index contributed by atoms with van der Waals surface area (Å²) < 4.78 is 0. The number of fused-ring (bicyclic) bond motifs is 8. The molecular weight excluding hydrogens is 652 g/mol. The molecule has 2 aliphatic heterocycles. The molecule has 5 heterocycles. The zero-order chi connectivity index (χ0) is 35.3. The first kappa shape index (κ1) is 30.8. The van der Waals surface area contributed by atoms with E-state index in [9.17, 15) is 20.2 Å². The molecular formula is C42H28N6O4. The number of nitrogens with one attached hydrogen (secondary N) is 2. The van der Waals surface area contributed by atoms with Crippen molar-refractivity contribution in [1.82, 2.24) is 19.9 Å². The standard InChI is InChI=1S/C42H28N6O4/c49-47(50)29-13-9-27(10-14-29)41-35-21-17-31(43-35)39(25-5-1-2-6-25)32-18-22-36(44-32)42(28-11-15-30(16-12-28)48(51)52)38-24-20-34(46-38)40(26-7-3-4-8-26)33-19-23-37(41)45-33/h1-26,43,45H. The number of benzene rings is 2. The van der Waals surface area contributed by atoms with E-state index in [0.717, 1.165) is 66.8 Å². The van der Waals surface area contributed by atoms with Gasteiger partial charge in [-0.2, -0.15) is 0 Å². The maximum atomic E-state index is 11.5. The van der Waals surface area contributed by atoms with Gasteiger partial charge in [0.05, 0.1) is 32.6 Å². The van der Waals surface area contributed by atoms with Crippen molar-refractivity contribution in [2.45, 2.75) is 11.8 Å². The van der Waals surface area contributed by atoms with Crippen LogP contribution in [0.25, 0.3) is 68.6 Å². The number of non-ortho nitro benzene ring substituents is 2. The topological polar surface area (TPSA) is 144 Å². The van der Waals surface area contributed by atoms with Crippen LogP contribution in [0, 0.1) is 20.2 Å². The summed E-state index contributed by atoms with van der Waals surface area (Å²) in [5, 5.41) is 23.1. The summed E-state index contributed by atoms with van der Waals surface area (Å²) in [7, 11) is 0. The van der Waals surface area contributed by atoms with Crippen LogP contribution in [0.1, 0.15) is 45.7 Å². The number of nitrogens with zero attached hydrogens (tertiary/aromatic N) is 4. The molecule has 0 unspecified atom stereocenters. The molecule has 0 fully saturated rings. The first-order chi connectivity index (χ1) is 25.4. The highest BCUT2D eigenvalue weighted by atomic mass is 16.6. The summed E-state index contributed by atoms with van der Waals surface area (Å²) in [6, 6.07) is 21.3. The predicted octanol–water partition coefficient (Wildman–Crippen LogP) is 10.2. The summed E-state index contributed by atoms with van der Waals surface area (Å²) >= 11 is 0. The Morgan fingerprint density at radius 2 is 0.827 bits per heavy atom. The molecule has 10 heteroatoms. The third kappa shape index (κ3) is 5.30. The normalized spacial score (nSPS) is 14.6. The number of nitro groups is 2. The number of aromatic nitrogens is 4. The molecule has 0 spiro atoms. The van der Waals surface area contributed by atoms with Crippen molar-refractivity contribution < 1.29 is 9.85 Å².